The highest BCUT2D eigenvalue weighted by Gasteiger charge is 2.13. The molecule has 0 aliphatic heterocycles. The van der Waals surface area contributed by atoms with Crippen LogP contribution in [0.3, 0.4) is 0 Å². The predicted molar refractivity (Wildman–Crippen MR) is 52.6 cm³/mol. The third-order valence-electron chi connectivity index (χ3n) is 2.12. The Hall–Kier alpha value is -1.98. The lowest BCUT2D eigenvalue weighted by molar-refractivity contribution is 0.446. The quantitative estimate of drug-likeness (QED) is 0.759. The summed E-state index contributed by atoms with van der Waals surface area (Å²) < 4.78 is 39.9. The SMILES string of the molecule is Cc1cc(N)nn1-c1cc(F)c(F)c(F)c1. The molecule has 1 heterocycles. The maximum absolute atomic E-state index is 13.0. The molecule has 0 radical (unpaired) electrons. The second kappa shape index (κ2) is 3.55. The average molecular weight is 227 g/mol. The molecule has 0 atom stereocenters. The highest BCUT2D eigenvalue weighted by Crippen LogP contribution is 2.18. The van der Waals surface area contributed by atoms with Crippen LogP contribution in [0, 0.1) is 24.4 Å². The van der Waals surface area contributed by atoms with Crippen LogP contribution in [0.1, 0.15) is 5.69 Å². The van der Waals surface area contributed by atoms with Crippen molar-refractivity contribution in [3.05, 3.63) is 41.3 Å². The third kappa shape index (κ3) is 1.62. The van der Waals surface area contributed by atoms with E-state index >= 15 is 0 Å². The Morgan fingerprint density at radius 2 is 1.69 bits per heavy atom. The first-order valence-electron chi connectivity index (χ1n) is 4.46. The van der Waals surface area contributed by atoms with Crippen molar-refractivity contribution in [1.82, 2.24) is 9.78 Å². The number of nitrogens with zero attached hydrogens (tertiary/aromatic N) is 2. The van der Waals surface area contributed by atoms with Gasteiger partial charge in [-0.05, 0) is 6.92 Å². The zero-order valence-electron chi connectivity index (χ0n) is 8.34. The molecule has 2 N–H and O–H groups in total. The molecule has 84 valence electrons. The molecule has 0 saturated carbocycles. The van der Waals surface area contributed by atoms with Crippen LogP contribution < -0.4 is 5.73 Å². The van der Waals surface area contributed by atoms with Gasteiger partial charge in [0.15, 0.2) is 17.5 Å². The summed E-state index contributed by atoms with van der Waals surface area (Å²) in [6.45, 7) is 1.67. The molecule has 0 bridgehead atoms. The van der Waals surface area contributed by atoms with Gasteiger partial charge in [-0.2, -0.15) is 5.10 Å². The summed E-state index contributed by atoms with van der Waals surface area (Å²) in [5.41, 5.74) is 6.12. The van der Waals surface area contributed by atoms with Crippen molar-refractivity contribution in [1.29, 1.82) is 0 Å². The molecule has 2 aromatic rings. The Labute approximate surface area is 89.3 Å². The van der Waals surface area contributed by atoms with E-state index in [2.05, 4.69) is 5.10 Å². The van der Waals surface area contributed by atoms with E-state index in [1.54, 1.807) is 13.0 Å². The topological polar surface area (TPSA) is 43.8 Å². The van der Waals surface area contributed by atoms with Gasteiger partial charge in [0.1, 0.15) is 5.82 Å². The highest BCUT2D eigenvalue weighted by molar-refractivity contribution is 5.39. The molecule has 1 aromatic heterocycles. The van der Waals surface area contributed by atoms with Gasteiger partial charge in [-0.1, -0.05) is 0 Å². The summed E-state index contributed by atoms with van der Waals surface area (Å²) in [4.78, 5) is 0. The lowest BCUT2D eigenvalue weighted by Gasteiger charge is -2.05. The highest BCUT2D eigenvalue weighted by atomic mass is 19.2. The second-order valence-electron chi connectivity index (χ2n) is 3.35. The van der Waals surface area contributed by atoms with Crippen LogP contribution >= 0.6 is 0 Å². The van der Waals surface area contributed by atoms with Crippen LogP contribution in [0.15, 0.2) is 18.2 Å². The summed E-state index contributed by atoms with van der Waals surface area (Å²) in [6.07, 6.45) is 0. The number of hydrogen-bond acceptors (Lipinski definition) is 2. The van der Waals surface area contributed by atoms with E-state index < -0.39 is 17.5 Å². The van der Waals surface area contributed by atoms with Gasteiger partial charge in [0.2, 0.25) is 0 Å². The number of benzene rings is 1. The molecule has 0 unspecified atom stereocenters. The summed E-state index contributed by atoms with van der Waals surface area (Å²) >= 11 is 0. The minimum absolute atomic E-state index is 0.0885. The van der Waals surface area contributed by atoms with E-state index in [0.717, 1.165) is 12.1 Å². The van der Waals surface area contributed by atoms with Gasteiger partial charge < -0.3 is 5.73 Å². The number of rotatable bonds is 1. The van der Waals surface area contributed by atoms with Crippen LogP contribution in [0.2, 0.25) is 0 Å². The molecule has 0 amide bonds. The van der Waals surface area contributed by atoms with Crippen molar-refractivity contribution >= 4 is 5.82 Å². The van der Waals surface area contributed by atoms with Gasteiger partial charge in [0, 0.05) is 23.9 Å². The number of halogens is 3. The summed E-state index contributed by atoms with van der Waals surface area (Å²) in [5, 5.41) is 3.83. The van der Waals surface area contributed by atoms with Crippen LogP contribution in [-0.4, -0.2) is 9.78 Å². The average Bonchev–Trinajstić information content (AvgIpc) is 2.53. The lowest BCUT2D eigenvalue weighted by Crippen LogP contribution is -2.02. The van der Waals surface area contributed by atoms with Crippen LogP contribution in [0.5, 0.6) is 0 Å². The van der Waals surface area contributed by atoms with E-state index in [9.17, 15) is 13.2 Å². The normalized spacial score (nSPS) is 10.8. The Kier molecular flexibility index (Phi) is 2.34. The van der Waals surface area contributed by atoms with Crippen molar-refractivity contribution in [2.24, 2.45) is 0 Å². The van der Waals surface area contributed by atoms with Crippen LogP contribution in [-0.2, 0) is 0 Å². The number of nitrogen functional groups attached to an aromatic ring is 1. The molecular weight excluding hydrogens is 219 g/mol. The first-order chi connectivity index (χ1) is 7.49. The van der Waals surface area contributed by atoms with Crippen molar-refractivity contribution in [2.75, 3.05) is 5.73 Å². The standard InChI is InChI=1S/C10H8F3N3/c1-5-2-9(14)15-16(5)6-3-7(11)10(13)8(12)4-6/h2-4H,1H3,(H2,14,15). The van der Waals surface area contributed by atoms with Crippen LogP contribution in [0.25, 0.3) is 5.69 Å². The second-order valence-corrected chi connectivity index (χ2v) is 3.35. The molecule has 1 aromatic carbocycles. The van der Waals surface area contributed by atoms with Crippen molar-refractivity contribution in [3.8, 4) is 5.69 Å². The minimum atomic E-state index is -1.50. The Morgan fingerprint density at radius 3 is 2.12 bits per heavy atom. The van der Waals surface area contributed by atoms with Gasteiger partial charge in [-0.25, -0.2) is 17.9 Å². The minimum Gasteiger partial charge on any atom is -0.382 e. The van der Waals surface area contributed by atoms with E-state index in [1.165, 1.54) is 4.68 Å². The molecule has 0 fully saturated rings. The molecule has 0 aliphatic rings. The van der Waals surface area contributed by atoms with Gasteiger partial charge in [-0.15, -0.1) is 0 Å². The number of anilines is 1. The molecule has 0 spiro atoms. The summed E-state index contributed by atoms with van der Waals surface area (Å²) in [7, 11) is 0. The number of hydrogen-bond donors (Lipinski definition) is 1. The van der Waals surface area contributed by atoms with Crippen molar-refractivity contribution in [2.45, 2.75) is 6.92 Å². The predicted octanol–water partition coefficient (Wildman–Crippen LogP) is 2.18. The number of aryl methyl sites for hydroxylation is 1. The molecular formula is C10H8F3N3. The summed E-state index contributed by atoms with van der Waals surface area (Å²) in [5.74, 6) is -3.80. The number of nitrogens with two attached hydrogens (primary N) is 1. The molecule has 0 saturated heterocycles. The van der Waals surface area contributed by atoms with Crippen molar-refractivity contribution in [3.63, 3.8) is 0 Å². The maximum Gasteiger partial charge on any atom is 0.194 e. The fourth-order valence-electron chi connectivity index (χ4n) is 1.42. The van der Waals surface area contributed by atoms with Gasteiger partial charge in [0.25, 0.3) is 0 Å². The molecule has 0 aliphatic carbocycles. The molecule has 2 rings (SSSR count). The van der Waals surface area contributed by atoms with Gasteiger partial charge >= 0.3 is 0 Å². The van der Waals surface area contributed by atoms with Gasteiger partial charge in [0.05, 0.1) is 5.69 Å². The Bertz CT molecular complexity index is 525. The largest absolute Gasteiger partial charge is 0.382 e. The Balaban J connectivity index is 2.61. The Morgan fingerprint density at radius 1 is 1.12 bits per heavy atom. The lowest BCUT2D eigenvalue weighted by atomic mass is 10.3. The molecule has 16 heavy (non-hydrogen) atoms. The first kappa shape index (κ1) is 10.5. The molecule has 3 nitrogen and oxygen atoms in total. The third-order valence-corrected chi connectivity index (χ3v) is 2.12. The van der Waals surface area contributed by atoms with E-state index in [0.29, 0.717) is 5.69 Å². The summed E-state index contributed by atoms with van der Waals surface area (Å²) in [6, 6.07) is 3.26. The maximum atomic E-state index is 13.0. The van der Waals surface area contributed by atoms with Crippen LogP contribution in [0.4, 0.5) is 19.0 Å². The fourth-order valence-corrected chi connectivity index (χ4v) is 1.42. The van der Waals surface area contributed by atoms with Crippen molar-refractivity contribution < 1.29 is 13.2 Å². The zero-order valence-corrected chi connectivity index (χ0v) is 8.34. The monoisotopic (exact) mass is 227 g/mol. The van der Waals surface area contributed by atoms with E-state index in [1.807, 2.05) is 0 Å². The van der Waals surface area contributed by atoms with Gasteiger partial charge in [-0.3, -0.25) is 0 Å². The smallest absolute Gasteiger partial charge is 0.194 e. The van der Waals surface area contributed by atoms with E-state index in [-0.39, 0.29) is 11.5 Å². The first-order valence-corrected chi connectivity index (χ1v) is 4.46. The zero-order chi connectivity index (χ0) is 11.9. The number of aromatic nitrogens is 2. The molecule has 6 heteroatoms. The fraction of sp³-hybridized carbons (Fsp3) is 0.100. The van der Waals surface area contributed by atoms with E-state index in [4.69, 9.17) is 5.73 Å².